The third-order valence-corrected chi connectivity index (χ3v) is 3.79. The molecule has 0 aliphatic rings. The number of anilines is 2. The average Bonchev–Trinajstić information content (AvgIpc) is 2.59. The maximum atomic E-state index is 11.8. The number of carbonyl (C=O) groups excluding carboxylic acids is 1. The molecule has 0 fully saturated rings. The summed E-state index contributed by atoms with van der Waals surface area (Å²) in [7, 11) is 0. The van der Waals surface area contributed by atoms with E-state index in [4.69, 9.17) is 0 Å². The Bertz CT molecular complexity index is 691. The second-order valence-electron chi connectivity index (χ2n) is 5.40. The first-order chi connectivity index (χ1) is 11.6. The quantitative estimate of drug-likeness (QED) is 0.623. The predicted octanol–water partition coefficient (Wildman–Crippen LogP) is 4.00. The number of benzene rings is 2. The number of aryl methyl sites for hydroxylation is 1. The molecule has 0 radical (unpaired) electrons. The molecule has 0 aromatic heterocycles. The predicted molar refractivity (Wildman–Crippen MR) is 101 cm³/mol. The van der Waals surface area contributed by atoms with Crippen LogP contribution in [-0.4, -0.2) is 25.3 Å². The largest absolute Gasteiger partial charge is 0.372 e. The van der Waals surface area contributed by atoms with Gasteiger partial charge < -0.3 is 10.2 Å². The van der Waals surface area contributed by atoms with Gasteiger partial charge in [-0.15, -0.1) is 0 Å². The smallest absolute Gasteiger partial charge is 0.339 e. The Morgan fingerprint density at radius 3 is 2.38 bits per heavy atom. The van der Waals surface area contributed by atoms with E-state index in [1.807, 2.05) is 43.3 Å². The molecule has 0 aliphatic carbocycles. The molecule has 0 bridgehead atoms. The van der Waals surface area contributed by atoms with Crippen molar-refractivity contribution >= 4 is 23.6 Å². The number of rotatable bonds is 6. The van der Waals surface area contributed by atoms with Gasteiger partial charge in [-0.25, -0.2) is 10.2 Å². The first kappa shape index (κ1) is 17.5. The first-order valence-corrected chi connectivity index (χ1v) is 8.14. The minimum Gasteiger partial charge on any atom is -0.372 e. The number of urea groups is 1. The van der Waals surface area contributed by atoms with Crippen LogP contribution in [0.4, 0.5) is 16.2 Å². The van der Waals surface area contributed by atoms with Gasteiger partial charge in [-0.1, -0.05) is 30.3 Å². The molecule has 0 atom stereocenters. The summed E-state index contributed by atoms with van der Waals surface area (Å²) >= 11 is 0. The first-order valence-electron chi connectivity index (χ1n) is 8.14. The van der Waals surface area contributed by atoms with Crippen molar-refractivity contribution in [3.8, 4) is 0 Å². The molecule has 0 unspecified atom stereocenters. The van der Waals surface area contributed by atoms with Gasteiger partial charge in [0.2, 0.25) is 0 Å². The third kappa shape index (κ3) is 4.84. The lowest BCUT2D eigenvalue weighted by Gasteiger charge is -2.20. The van der Waals surface area contributed by atoms with E-state index in [2.05, 4.69) is 46.7 Å². The highest BCUT2D eigenvalue weighted by Crippen LogP contribution is 2.14. The molecule has 0 aliphatic heterocycles. The number of hydrogen-bond donors (Lipinski definition) is 2. The molecular formula is C19H24N4O. The number of nitrogens with zero attached hydrogens (tertiary/aromatic N) is 2. The molecule has 0 heterocycles. The van der Waals surface area contributed by atoms with Crippen molar-refractivity contribution in [1.82, 2.24) is 5.43 Å². The van der Waals surface area contributed by atoms with Crippen LogP contribution in [0.2, 0.25) is 0 Å². The van der Waals surface area contributed by atoms with Crippen molar-refractivity contribution in [3.63, 3.8) is 0 Å². The van der Waals surface area contributed by atoms with E-state index < -0.39 is 0 Å². The summed E-state index contributed by atoms with van der Waals surface area (Å²) in [5, 5.41) is 6.75. The number of carbonyl (C=O) groups is 1. The summed E-state index contributed by atoms with van der Waals surface area (Å²) in [5.41, 5.74) is 6.37. The zero-order valence-corrected chi connectivity index (χ0v) is 14.4. The second kappa shape index (κ2) is 8.72. The minimum absolute atomic E-state index is 0.361. The van der Waals surface area contributed by atoms with Crippen molar-refractivity contribution in [1.29, 1.82) is 0 Å². The Balaban J connectivity index is 1.89. The molecule has 126 valence electrons. The average molecular weight is 324 g/mol. The van der Waals surface area contributed by atoms with E-state index in [-0.39, 0.29) is 6.03 Å². The number of hydrogen-bond acceptors (Lipinski definition) is 3. The lowest BCUT2D eigenvalue weighted by Crippen LogP contribution is -2.24. The maximum absolute atomic E-state index is 11.8. The van der Waals surface area contributed by atoms with Crippen LogP contribution >= 0.6 is 0 Å². The summed E-state index contributed by atoms with van der Waals surface area (Å²) in [4.78, 5) is 14.1. The zero-order valence-electron chi connectivity index (χ0n) is 14.4. The molecule has 2 aromatic rings. The molecule has 2 N–H and O–H groups in total. The summed E-state index contributed by atoms with van der Waals surface area (Å²) in [6.45, 7) is 8.16. The lowest BCUT2D eigenvalue weighted by atomic mass is 10.2. The molecule has 2 rings (SSSR count). The Morgan fingerprint density at radius 1 is 1.08 bits per heavy atom. The van der Waals surface area contributed by atoms with Crippen molar-refractivity contribution in [2.45, 2.75) is 20.8 Å². The van der Waals surface area contributed by atoms with Crippen LogP contribution in [0.25, 0.3) is 0 Å². The minimum atomic E-state index is -0.361. The van der Waals surface area contributed by atoms with Crippen molar-refractivity contribution in [2.24, 2.45) is 5.10 Å². The highest BCUT2D eigenvalue weighted by atomic mass is 16.2. The molecular weight excluding hydrogens is 300 g/mol. The molecule has 0 spiro atoms. The van der Waals surface area contributed by atoms with Gasteiger partial charge in [0.15, 0.2) is 0 Å². The van der Waals surface area contributed by atoms with Gasteiger partial charge in [-0.2, -0.15) is 5.10 Å². The van der Waals surface area contributed by atoms with Gasteiger partial charge in [-0.3, -0.25) is 0 Å². The van der Waals surface area contributed by atoms with Crippen LogP contribution in [0.5, 0.6) is 0 Å². The SMILES string of the molecule is CCN(CC)c1ccc(/C=N\NC(=O)Nc2ccccc2C)cc1. The summed E-state index contributed by atoms with van der Waals surface area (Å²) in [6, 6.07) is 15.3. The van der Waals surface area contributed by atoms with Crippen molar-refractivity contribution in [3.05, 3.63) is 59.7 Å². The number of para-hydroxylation sites is 1. The molecule has 2 amide bonds. The van der Waals surface area contributed by atoms with Gasteiger partial charge in [0.1, 0.15) is 0 Å². The van der Waals surface area contributed by atoms with Crippen LogP contribution in [-0.2, 0) is 0 Å². The number of amides is 2. The van der Waals surface area contributed by atoms with Crippen LogP contribution in [0.1, 0.15) is 25.0 Å². The Morgan fingerprint density at radius 2 is 1.75 bits per heavy atom. The molecule has 0 saturated carbocycles. The van der Waals surface area contributed by atoms with Crippen LogP contribution in [0.3, 0.4) is 0 Å². The van der Waals surface area contributed by atoms with Crippen LogP contribution in [0.15, 0.2) is 53.6 Å². The zero-order chi connectivity index (χ0) is 17.4. The highest BCUT2D eigenvalue weighted by Gasteiger charge is 2.02. The van der Waals surface area contributed by atoms with E-state index in [1.54, 1.807) is 6.21 Å². The topological polar surface area (TPSA) is 56.7 Å². The van der Waals surface area contributed by atoms with E-state index in [0.717, 1.165) is 29.9 Å². The lowest BCUT2D eigenvalue weighted by molar-refractivity contribution is 0.252. The highest BCUT2D eigenvalue weighted by molar-refractivity contribution is 5.91. The summed E-state index contributed by atoms with van der Waals surface area (Å²) in [5.74, 6) is 0. The number of nitrogens with one attached hydrogen (secondary N) is 2. The fraction of sp³-hybridized carbons (Fsp3) is 0.263. The standard InChI is InChI=1S/C19H24N4O/c1-4-23(5-2)17-12-10-16(11-13-17)14-20-22-19(24)21-18-9-7-6-8-15(18)3/h6-14H,4-5H2,1-3H3,(H2,21,22,24)/b20-14-. The van der Waals surface area contributed by atoms with Crippen molar-refractivity contribution in [2.75, 3.05) is 23.3 Å². The van der Waals surface area contributed by atoms with Crippen LogP contribution < -0.4 is 15.6 Å². The van der Waals surface area contributed by atoms with E-state index in [0.29, 0.717) is 0 Å². The summed E-state index contributed by atoms with van der Waals surface area (Å²) < 4.78 is 0. The fourth-order valence-corrected chi connectivity index (χ4v) is 2.39. The van der Waals surface area contributed by atoms with E-state index in [9.17, 15) is 4.79 Å². The monoisotopic (exact) mass is 324 g/mol. The van der Waals surface area contributed by atoms with Crippen LogP contribution in [0, 0.1) is 6.92 Å². The van der Waals surface area contributed by atoms with Crippen molar-refractivity contribution < 1.29 is 4.79 Å². The van der Waals surface area contributed by atoms with E-state index in [1.165, 1.54) is 5.69 Å². The van der Waals surface area contributed by atoms with Gasteiger partial charge in [-0.05, 0) is 50.1 Å². The Labute approximate surface area is 143 Å². The molecule has 5 nitrogen and oxygen atoms in total. The molecule has 24 heavy (non-hydrogen) atoms. The Kier molecular flexibility index (Phi) is 6.37. The molecule has 2 aromatic carbocycles. The molecule has 5 heteroatoms. The number of hydrazone groups is 1. The van der Waals surface area contributed by atoms with Gasteiger partial charge in [0.25, 0.3) is 0 Å². The third-order valence-electron chi connectivity index (χ3n) is 3.79. The maximum Gasteiger partial charge on any atom is 0.339 e. The second-order valence-corrected chi connectivity index (χ2v) is 5.40. The fourth-order valence-electron chi connectivity index (χ4n) is 2.39. The molecule has 0 saturated heterocycles. The summed E-state index contributed by atoms with van der Waals surface area (Å²) in [6.07, 6.45) is 1.63. The van der Waals surface area contributed by atoms with Gasteiger partial charge in [0, 0.05) is 24.5 Å². The van der Waals surface area contributed by atoms with Gasteiger partial charge in [0.05, 0.1) is 6.21 Å². The van der Waals surface area contributed by atoms with E-state index >= 15 is 0 Å². The van der Waals surface area contributed by atoms with Gasteiger partial charge >= 0.3 is 6.03 Å². The Hall–Kier alpha value is -2.82. The normalized spacial score (nSPS) is 10.6.